The van der Waals surface area contributed by atoms with E-state index in [9.17, 15) is 9.90 Å². The van der Waals surface area contributed by atoms with E-state index >= 15 is 0 Å². The molecule has 5 rings (SSSR count). The van der Waals surface area contributed by atoms with Crippen LogP contribution in [-0.2, 0) is 12.8 Å². The number of rotatable bonds is 8. The number of hydrogen-bond donors (Lipinski definition) is 2. The highest BCUT2D eigenvalue weighted by molar-refractivity contribution is 7.95. The van der Waals surface area contributed by atoms with Crippen LogP contribution in [0.25, 0.3) is 11.1 Å². The van der Waals surface area contributed by atoms with Crippen molar-refractivity contribution in [2.45, 2.75) is 50.8 Å². The Morgan fingerprint density at radius 1 is 1.14 bits per heavy atom. The highest BCUT2D eigenvalue weighted by Crippen LogP contribution is 2.43. The SMILES string of the molecule is CCCCc1[nH]c(=O)c(SOc2ccc(-c3ccncc3C)cc2)c(O)c1N1CCCc2ccccc21. The van der Waals surface area contributed by atoms with E-state index in [1.165, 1.54) is 5.56 Å². The van der Waals surface area contributed by atoms with E-state index in [-0.39, 0.29) is 16.2 Å². The molecule has 0 saturated heterocycles. The lowest BCUT2D eigenvalue weighted by molar-refractivity contribution is 0.456. The van der Waals surface area contributed by atoms with Crippen LogP contribution < -0.4 is 14.6 Å². The van der Waals surface area contributed by atoms with Gasteiger partial charge in [-0.2, -0.15) is 0 Å². The number of para-hydroxylation sites is 1. The van der Waals surface area contributed by atoms with Gasteiger partial charge in [0, 0.05) is 30.3 Å². The van der Waals surface area contributed by atoms with Crippen molar-refractivity contribution in [3.05, 3.63) is 94.2 Å². The van der Waals surface area contributed by atoms with Gasteiger partial charge < -0.3 is 19.2 Å². The highest BCUT2D eigenvalue weighted by Gasteiger charge is 2.27. The van der Waals surface area contributed by atoms with Crippen LogP contribution in [0, 0.1) is 6.92 Å². The van der Waals surface area contributed by atoms with Crippen LogP contribution >= 0.6 is 12.0 Å². The smallest absolute Gasteiger partial charge is 0.269 e. The number of aromatic hydroxyl groups is 1. The number of unbranched alkanes of at least 4 members (excludes halogenated alkanes) is 1. The number of fused-ring (bicyclic) bond motifs is 1. The third kappa shape index (κ3) is 5.23. The summed E-state index contributed by atoms with van der Waals surface area (Å²) < 4.78 is 5.91. The molecule has 0 unspecified atom stereocenters. The second-order valence-corrected chi connectivity index (χ2v) is 10.1. The van der Waals surface area contributed by atoms with Crippen molar-refractivity contribution in [1.82, 2.24) is 9.97 Å². The molecule has 0 atom stereocenters. The summed E-state index contributed by atoms with van der Waals surface area (Å²) >= 11 is 0.893. The summed E-state index contributed by atoms with van der Waals surface area (Å²) in [7, 11) is 0. The van der Waals surface area contributed by atoms with E-state index in [4.69, 9.17) is 4.18 Å². The van der Waals surface area contributed by atoms with Crippen LogP contribution in [0.2, 0.25) is 0 Å². The second kappa shape index (κ2) is 11.1. The Hall–Kier alpha value is -3.71. The first-order valence-corrected chi connectivity index (χ1v) is 13.5. The summed E-state index contributed by atoms with van der Waals surface area (Å²) in [4.78, 5) is 22.6. The van der Waals surface area contributed by atoms with Gasteiger partial charge in [0.1, 0.15) is 23.5 Å². The van der Waals surface area contributed by atoms with Crippen LogP contribution in [0.15, 0.2) is 76.7 Å². The molecule has 1 aliphatic rings. The normalized spacial score (nSPS) is 12.9. The number of aromatic nitrogens is 2. The van der Waals surface area contributed by atoms with E-state index in [0.29, 0.717) is 17.9 Å². The molecule has 0 amide bonds. The number of aromatic amines is 1. The molecule has 37 heavy (non-hydrogen) atoms. The average Bonchev–Trinajstić information content (AvgIpc) is 2.92. The molecule has 0 spiro atoms. The Morgan fingerprint density at radius 2 is 1.95 bits per heavy atom. The number of hydrogen-bond acceptors (Lipinski definition) is 6. The lowest BCUT2D eigenvalue weighted by atomic mass is 10.00. The fourth-order valence-corrected chi connectivity index (χ4v) is 5.45. The minimum Gasteiger partial charge on any atom is -0.504 e. The molecule has 0 saturated carbocycles. The molecule has 2 aromatic heterocycles. The zero-order chi connectivity index (χ0) is 25.8. The molecule has 3 heterocycles. The van der Waals surface area contributed by atoms with Crippen molar-refractivity contribution in [3.63, 3.8) is 0 Å². The molecule has 190 valence electrons. The Labute approximate surface area is 221 Å². The van der Waals surface area contributed by atoms with Crippen molar-refractivity contribution < 1.29 is 9.29 Å². The molecular formula is C30H31N3O3S. The van der Waals surface area contributed by atoms with Crippen molar-refractivity contribution >= 4 is 23.4 Å². The van der Waals surface area contributed by atoms with Gasteiger partial charge in [0.15, 0.2) is 10.6 Å². The molecule has 2 N–H and O–H groups in total. The van der Waals surface area contributed by atoms with E-state index in [1.807, 2.05) is 55.6 Å². The average molecular weight is 514 g/mol. The lowest BCUT2D eigenvalue weighted by Gasteiger charge is -2.33. The number of H-pyrrole nitrogens is 1. The first-order valence-electron chi connectivity index (χ1n) is 12.8. The molecule has 7 heteroatoms. The van der Waals surface area contributed by atoms with Crippen LogP contribution in [0.4, 0.5) is 11.4 Å². The Balaban J connectivity index is 1.45. The third-order valence-electron chi connectivity index (χ3n) is 6.76. The zero-order valence-electron chi connectivity index (χ0n) is 21.2. The summed E-state index contributed by atoms with van der Waals surface area (Å²) in [5, 5.41) is 11.5. The van der Waals surface area contributed by atoms with E-state index < -0.39 is 0 Å². The van der Waals surface area contributed by atoms with Crippen molar-refractivity contribution in [2.24, 2.45) is 0 Å². The number of anilines is 2. The maximum absolute atomic E-state index is 13.1. The molecule has 0 radical (unpaired) electrons. The van der Waals surface area contributed by atoms with E-state index in [0.717, 1.165) is 72.3 Å². The fraction of sp³-hybridized carbons (Fsp3) is 0.267. The molecule has 4 aromatic rings. The van der Waals surface area contributed by atoms with Crippen LogP contribution in [0.1, 0.15) is 43.0 Å². The van der Waals surface area contributed by atoms with Crippen molar-refractivity contribution in [1.29, 1.82) is 0 Å². The maximum Gasteiger partial charge on any atom is 0.269 e. The Kier molecular flexibility index (Phi) is 7.51. The number of pyridine rings is 2. The van der Waals surface area contributed by atoms with E-state index in [1.54, 1.807) is 6.20 Å². The quantitative estimate of drug-likeness (QED) is 0.248. The van der Waals surface area contributed by atoms with Gasteiger partial charge in [0.2, 0.25) is 0 Å². The number of nitrogens with one attached hydrogen (secondary N) is 1. The Bertz CT molecular complexity index is 1450. The molecule has 0 fully saturated rings. The van der Waals surface area contributed by atoms with Crippen molar-refractivity contribution in [2.75, 3.05) is 11.4 Å². The largest absolute Gasteiger partial charge is 0.504 e. The van der Waals surface area contributed by atoms with Gasteiger partial charge in [-0.3, -0.25) is 9.78 Å². The zero-order valence-corrected chi connectivity index (χ0v) is 22.0. The highest BCUT2D eigenvalue weighted by atomic mass is 32.2. The fourth-order valence-electron chi connectivity index (χ4n) is 4.86. The molecule has 6 nitrogen and oxygen atoms in total. The van der Waals surface area contributed by atoms with Gasteiger partial charge in [-0.15, -0.1) is 0 Å². The first-order chi connectivity index (χ1) is 18.1. The first kappa shape index (κ1) is 25.0. The van der Waals surface area contributed by atoms with E-state index in [2.05, 4.69) is 33.9 Å². The molecule has 1 aliphatic heterocycles. The van der Waals surface area contributed by atoms with Gasteiger partial charge in [-0.05, 0) is 79.1 Å². The summed E-state index contributed by atoms with van der Waals surface area (Å²) in [6.07, 6.45) is 8.20. The predicted octanol–water partition coefficient (Wildman–Crippen LogP) is 6.96. The van der Waals surface area contributed by atoms with Crippen LogP contribution in [0.3, 0.4) is 0 Å². The number of benzene rings is 2. The number of aryl methyl sites for hydroxylation is 3. The molecule has 0 bridgehead atoms. The van der Waals surface area contributed by atoms with Gasteiger partial charge in [0.25, 0.3) is 5.56 Å². The van der Waals surface area contributed by atoms with Gasteiger partial charge in [0.05, 0.1) is 0 Å². The minimum absolute atomic E-state index is 0.0272. The van der Waals surface area contributed by atoms with Gasteiger partial charge in [-0.25, -0.2) is 0 Å². The standard InChI is InChI=1S/C30H31N3O3S/c1-3-4-10-25-27(33-18-7-9-22-8-5-6-11-26(22)33)28(34)29(30(35)32-25)37-36-23-14-12-21(13-15-23)24-16-17-31-19-20(24)2/h5-6,8,11-17,19H,3-4,7,9-10,18H2,1-2H3,(H2,32,34,35). The summed E-state index contributed by atoms with van der Waals surface area (Å²) in [6.45, 7) is 4.92. The van der Waals surface area contributed by atoms with Gasteiger partial charge >= 0.3 is 0 Å². The Morgan fingerprint density at radius 3 is 2.73 bits per heavy atom. The minimum atomic E-state index is -0.341. The van der Waals surface area contributed by atoms with Crippen molar-refractivity contribution in [3.8, 4) is 22.6 Å². The second-order valence-electron chi connectivity index (χ2n) is 9.33. The molecular weight excluding hydrogens is 482 g/mol. The maximum atomic E-state index is 13.1. The monoisotopic (exact) mass is 513 g/mol. The molecule has 0 aliphatic carbocycles. The summed E-state index contributed by atoms with van der Waals surface area (Å²) in [5.41, 5.74) is 6.69. The summed E-state index contributed by atoms with van der Waals surface area (Å²) in [6, 6.07) is 17.9. The third-order valence-corrected chi connectivity index (χ3v) is 7.58. The van der Waals surface area contributed by atoms with Crippen LogP contribution in [-0.4, -0.2) is 21.6 Å². The molecule has 2 aromatic carbocycles. The van der Waals surface area contributed by atoms with Crippen LogP contribution in [0.5, 0.6) is 11.5 Å². The van der Waals surface area contributed by atoms with Gasteiger partial charge in [-0.1, -0.05) is 43.7 Å². The lowest BCUT2D eigenvalue weighted by Crippen LogP contribution is -2.27. The predicted molar refractivity (Wildman–Crippen MR) is 150 cm³/mol. The summed E-state index contributed by atoms with van der Waals surface area (Å²) in [5.74, 6) is 0.569. The number of nitrogens with zero attached hydrogens (tertiary/aromatic N) is 2. The topological polar surface area (TPSA) is 78.5 Å².